The van der Waals surface area contributed by atoms with Crippen LogP contribution in [0, 0.1) is 6.92 Å². The highest BCUT2D eigenvalue weighted by Crippen LogP contribution is 2.26. The largest absolute Gasteiger partial charge is 0.347 e. The van der Waals surface area contributed by atoms with E-state index in [0.29, 0.717) is 12.2 Å². The minimum atomic E-state index is -0.622. The van der Waals surface area contributed by atoms with Crippen molar-refractivity contribution in [2.45, 2.75) is 45.4 Å². The van der Waals surface area contributed by atoms with Gasteiger partial charge in [-0.1, -0.05) is 44.2 Å². The summed E-state index contributed by atoms with van der Waals surface area (Å²) in [6.07, 6.45) is 3.29. The predicted molar refractivity (Wildman–Crippen MR) is 104 cm³/mol. The number of hydrogen-bond acceptors (Lipinski definition) is 2. The first-order valence-corrected chi connectivity index (χ1v) is 9.14. The van der Waals surface area contributed by atoms with Crippen molar-refractivity contribution in [2.75, 3.05) is 11.9 Å². The van der Waals surface area contributed by atoms with E-state index in [-0.39, 0.29) is 5.41 Å². The van der Waals surface area contributed by atoms with E-state index >= 15 is 0 Å². The molecule has 0 atom stereocenters. The number of nitrogens with one attached hydrogen (secondary N) is 2. The van der Waals surface area contributed by atoms with Crippen LogP contribution in [0.3, 0.4) is 0 Å². The van der Waals surface area contributed by atoms with Crippen LogP contribution in [0.4, 0.5) is 5.69 Å². The molecule has 1 aliphatic rings. The van der Waals surface area contributed by atoms with Gasteiger partial charge >= 0.3 is 11.8 Å². The Morgan fingerprint density at radius 3 is 2.50 bits per heavy atom. The number of rotatable bonds is 4. The number of carbonyl (C=O) groups excluding carboxylic acids is 2. The summed E-state index contributed by atoms with van der Waals surface area (Å²) in [6, 6.07) is 14.0. The van der Waals surface area contributed by atoms with Crippen LogP contribution in [-0.2, 0) is 27.8 Å². The molecule has 26 heavy (non-hydrogen) atoms. The smallest absolute Gasteiger partial charge is 0.313 e. The van der Waals surface area contributed by atoms with Gasteiger partial charge in [0.05, 0.1) is 0 Å². The number of aryl methyl sites for hydroxylation is 3. The Kier molecular flexibility index (Phi) is 5.12. The van der Waals surface area contributed by atoms with Gasteiger partial charge in [0.25, 0.3) is 0 Å². The summed E-state index contributed by atoms with van der Waals surface area (Å²) >= 11 is 0. The zero-order valence-electron chi connectivity index (χ0n) is 15.7. The summed E-state index contributed by atoms with van der Waals surface area (Å²) in [6.45, 7) is 6.58. The lowest BCUT2D eigenvalue weighted by Gasteiger charge is -2.27. The van der Waals surface area contributed by atoms with Crippen molar-refractivity contribution < 1.29 is 9.59 Å². The molecule has 0 saturated carbocycles. The van der Waals surface area contributed by atoms with Gasteiger partial charge in [0.2, 0.25) is 0 Å². The van der Waals surface area contributed by atoms with Crippen molar-refractivity contribution in [3.63, 3.8) is 0 Å². The minimum Gasteiger partial charge on any atom is -0.347 e. The molecule has 1 aliphatic carbocycles. The molecule has 0 spiro atoms. The number of benzene rings is 2. The summed E-state index contributed by atoms with van der Waals surface area (Å²) in [7, 11) is 0. The van der Waals surface area contributed by atoms with Crippen LogP contribution in [0.1, 0.15) is 42.5 Å². The van der Waals surface area contributed by atoms with Crippen molar-refractivity contribution in [3.8, 4) is 0 Å². The molecule has 0 aliphatic heterocycles. The quantitative estimate of drug-likeness (QED) is 0.829. The fourth-order valence-corrected chi connectivity index (χ4v) is 3.65. The van der Waals surface area contributed by atoms with Crippen molar-refractivity contribution >= 4 is 17.5 Å². The maximum atomic E-state index is 12.2. The second-order valence-electron chi connectivity index (χ2n) is 7.67. The van der Waals surface area contributed by atoms with Crippen LogP contribution in [0.15, 0.2) is 42.5 Å². The van der Waals surface area contributed by atoms with Crippen LogP contribution < -0.4 is 10.6 Å². The molecule has 4 heteroatoms. The van der Waals surface area contributed by atoms with Crippen LogP contribution >= 0.6 is 0 Å². The fourth-order valence-electron chi connectivity index (χ4n) is 3.65. The lowest BCUT2D eigenvalue weighted by atomic mass is 9.82. The third kappa shape index (κ3) is 3.96. The maximum Gasteiger partial charge on any atom is 0.313 e. The van der Waals surface area contributed by atoms with E-state index in [0.717, 1.165) is 19.3 Å². The van der Waals surface area contributed by atoms with Gasteiger partial charge in [-0.3, -0.25) is 9.59 Å². The lowest BCUT2D eigenvalue weighted by molar-refractivity contribution is -0.136. The predicted octanol–water partition coefficient (Wildman–Crippen LogP) is 3.52. The number of anilines is 1. The summed E-state index contributed by atoms with van der Waals surface area (Å²) in [4.78, 5) is 24.4. The number of amides is 2. The Bertz CT molecular complexity index is 840. The molecule has 2 aromatic rings. The average molecular weight is 350 g/mol. The highest BCUT2D eigenvalue weighted by Gasteiger charge is 2.24. The second-order valence-corrected chi connectivity index (χ2v) is 7.67. The molecule has 0 fully saturated rings. The Morgan fingerprint density at radius 2 is 1.73 bits per heavy atom. The molecule has 136 valence electrons. The monoisotopic (exact) mass is 350 g/mol. The normalized spacial score (nSPS) is 13.2. The van der Waals surface area contributed by atoms with Gasteiger partial charge in [-0.15, -0.1) is 0 Å². The van der Waals surface area contributed by atoms with E-state index in [9.17, 15) is 9.59 Å². The molecule has 0 aromatic heterocycles. The van der Waals surface area contributed by atoms with E-state index in [1.165, 1.54) is 22.3 Å². The Balaban J connectivity index is 1.59. The fraction of sp³-hybridized carbons (Fsp3) is 0.364. The summed E-state index contributed by atoms with van der Waals surface area (Å²) < 4.78 is 0. The van der Waals surface area contributed by atoms with Gasteiger partial charge in [0.1, 0.15) is 0 Å². The van der Waals surface area contributed by atoms with Gasteiger partial charge in [-0.05, 0) is 60.6 Å². The van der Waals surface area contributed by atoms with Crippen molar-refractivity contribution in [1.82, 2.24) is 5.32 Å². The van der Waals surface area contributed by atoms with Crippen LogP contribution in [0.25, 0.3) is 0 Å². The van der Waals surface area contributed by atoms with Crippen molar-refractivity contribution in [3.05, 3.63) is 64.7 Å². The molecule has 0 bridgehead atoms. The molecule has 2 aromatic carbocycles. The van der Waals surface area contributed by atoms with Gasteiger partial charge in [0.15, 0.2) is 0 Å². The van der Waals surface area contributed by atoms with Gasteiger partial charge in [-0.2, -0.15) is 0 Å². The van der Waals surface area contributed by atoms with E-state index < -0.39 is 11.8 Å². The van der Waals surface area contributed by atoms with Gasteiger partial charge in [-0.25, -0.2) is 0 Å². The molecular formula is C22H26N2O2. The molecule has 2 N–H and O–H groups in total. The summed E-state index contributed by atoms with van der Waals surface area (Å²) in [5.74, 6) is -1.23. The summed E-state index contributed by atoms with van der Waals surface area (Å²) in [5, 5.41) is 5.48. The van der Waals surface area contributed by atoms with Crippen LogP contribution in [-0.4, -0.2) is 18.4 Å². The van der Waals surface area contributed by atoms with Crippen LogP contribution in [0.2, 0.25) is 0 Å². The van der Waals surface area contributed by atoms with Crippen LogP contribution in [0.5, 0.6) is 0 Å². The molecule has 0 radical (unpaired) electrons. The van der Waals surface area contributed by atoms with Gasteiger partial charge in [0, 0.05) is 17.6 Å². The van der Waals surface area contributed by atoms with E-state index in [1.54, 1.807) is 0 Å². The zero-order valence-corrected chi connectivity index (χ0v) is 15.7. The molecule has 0 saturated heterocycles. The molecule has 2 amide bonds. The second kappa shape index (κ2) is 7.32. The highest BCUT2D eigenvalue weighted by molar-refractivity contribution is 6.39. The number of carbonyl (C=O) groups is 2. The standard InChI is InChI=1S/C22H26N2O2/c1-15-7-4-5-10-19(15)22(2,3)14-23-20(25)21(26)24-18-12-11-16-8-6-9-17(16)13-18/h4-5,7,10-13H,6,8-9,14H2,1-3H3,(H,23,25)(H,24,26). The molecule has 0 unspecified atom stereocenters. The first-order chi connectivity index (χ1) is 12.4. The Labute approximate surface area is 155 Å². The molecule has 3 rings (SSSR count). The van der Waals surface area contributed by atoms with E-state index in [1.807, 2.05) is 30.3 Å². The molecular weight excluding hydrogens is 324 g/mol. The Morgan fingerprint density at radius 1 is 1.00 bits per heavy atom. The third-order valence-electron chi connectivity index (χ3n) is 5.13. The lowest BCUT2D eigenvalue weighted by Crippen LogP contribution is -2.42. The highest BCUT2D eigenvalue weighted by atomic mass is 16.2. The topological polar surface area (TPSA) is 58.2 Å². The molecule has 4 nitrogen and oxygen atoms in total. The van der Waals surface area contributed by atoms with Crippen molar-refractivity contribution in [2.24, 2.45) is 0 Å². The van der Waals surface area contributed by atoms with Gasteiger partial charge < -0.3 is 10.6 Å². The average Bonchev–Trinajstić information content (AvgIpc) is 3.07. The summed E-state index contributed by atoms with van der Waals surface area (Å²) in [5.41, 5.74) is 5.38. The first-order valence-electron chi connectivity index (χ1n) is 9.14. The van der Waals surface area contributed by atoms with Crippen molar-refractivity contribution in [1.29, 1.82) is 0 Å². The number of fused-ring (bicyclic) bond motifs is 1. The maximum absolute atomic E-state index is 12.2. The number of hydrogen-bond donors (Lipinski definition) is 2. The SMILES string of the molecule is Cc1ccccc1C(C)(C)CNC(=O)C(=O)Nc1ccc2c(c1)CCC2. The Hall–Kier alpha value is -2.62. The first kappa shape index (κ1) is 18.2. The van der Waals surface area contributed by atoms with E-state index in [2.05, 4.69) is 43.5 Å². The molecule has 0 heterocycles. The minimum absolute atomic E-state index is 0.255. The van der Waals surface area contributed by atoms with E-state index in [4.69, 9.17) is 0 Å². The zero-order chi connectivity index (χ0) is 18.7. The third-order valence-corrected chi connectivity index (χ3v) is 5.13.